The number of hydrogen-bond donors (Lipinski definition) is 1. The molecule has 4 nitrogen and oxygen atoms in total. The fourth-order valence-electron chi connectivity index (χ4n) is 1.47. The third-order valence-electron chi connectivity index (χ3n) is 2.51. The molecule has 2 N–H and O–H groups in total. The van der Waals surface area contributed by atoms with Gasteiger partial charge < -0.3 is 15.0 Å². The Balaban J connectivity index is 1.77. The lowest BCUT2D eigenvalue weighted by atomic mass is 9.90. The average Bonchev–Trinajstić information content (AvgIpc) is 2.43. The van der Waals surface area contributed by atoms with Gasteiger partial charge in [0.15, 0.2) is 0 Å². The van der Waals surface area contributed by atoms with Crippen molar-refractivity contribution in [1.29, 1.82) is 0 Å². The summed E-state index contributed by atoms with van der Waals surface area (Å²) < 4.78 is 7.60. The number of aromatic nitrogens is 2. The molecule has 0 spiro atoms. The van der Waals surface area contributed by atoms with Gasteiger partial charge in [-0.3, -0.25) is 0 Å². The normalized spacial score (nSPS) is 27.2. The summed E-state index contributed by atoms with van der Waals surface area (Å²) in [5.41, 5.74) is 6.76. The summed E-state index contributed by atoms with van der Waals surface area (Å²) in [6, 6.07) is 0.358. The summed E-state index contributed by atoms with van der Waals surface area (Å²) in [4.78, 5) is 4.02. The van der Waals surface area contributed by atoms with Crippen molar-refractivity contribution in [2.45, 2.75) is 31.6 Å². The van der Waals surface area contributed by atoms with Crippen LogP contribution in [-0.4, -0.2) is 21.7 Å². The summed E-state index contributed by atoms with van der Waals surface area (Å²) in [5.74, 6) is 0. The van der Waals surface area contributed by atoms with Crippen molar-refractivity contribution in [3.05, 3.63) is 18.2 Å². The minimum absolute atomic E-state index is 0.358. The van der Waals surface area contributed by atoms with Crippen molar-refractivity contribution in [3.8, 4) is 0 Å². The van der Waals surface area contributed by atoms with Gasteiger partial charge in [-0.25, -0.2) is 4.98 Å². The molecule has 1 aromatic rings. The van der Waals surface area contributed by atoms with Gasteiger partial charge in [0.05, 0.1) is 30.9 Å². The van der Waals surface area contributed by atoms with Crippen LogP contribution in [0.4, 0.5) is 0 Å². The van der Waals surface area contributed by atoms with Gasteiger partial charge in [-0.05, 0) is 12.8 Å². The molecule has 0 radical (unpaired) electrons. The minimum atomic E-state index is 0.358. The van der Waals surface area contributed by atoms with Crippen LogP contribution in [0.25, 0.3) is 0 Å². The van der Waals surface area contributed by atoms with Gasteiger partial charge in [-0.1, -0.05) is 0 Å². The van der Waals surface area contributed by atoms with Gasteiger partial charge in [0.1, 0.15) is 0 Å². The molecule has 2 rings (SSSR count). The lowest BCUT2D eigenvalue weighted by Gasteiger charge is -2.32. The molecule has 0 aromatic carbocycles. The molecule has 72 valence electrons. The molecule has 4 heteroatoms. The van der Waals surface area contributed by atoms with E-state index >= 15 is 0 Å². The average molecular weight is 181 g/mol. The summed E-state index contributed by atoms with van der Waals surface area (Å²) in [5, 5.41) is 0. The molecule has 1 aliphatic carbocycles. The predicted molar refractivity (Wildman–Crippen MR) is 49.0 cm³/mol. The van der Waals surface area contributed by atoms with Crippen LogP contribution in [0.3, 0.4) is 0 Å². The molecule has 0 unspecified atom stereocenters. The second kappa shape index (κ2) is 3.47. The number of hydrogen-bond acceptors (Lipinski definition) is 3. The fourth-order valence-corrected chi connectivity index (χ4v) is 1.47. The van der Waals surface area contributed by atoms with Gasteiger partial charge in [0.2, 0.25) is 0 Å². The third-order valence-corrected chi connectivity index (χ3v) is 2.51. The van der Waals surface area contributed by atoms with E-state index in [1.807, 2.05) is 17.8 Å². The first-order valence-corrected chi connectivity index (χ1v) is 4.58. The number of nitrogens with zero attached hydrogens (tertiary/aromatic N) is 2. The first-order chi connectivity index (χ1) is 6.25. The van der Waals surface area contributed by atoms with Gasteiger partial charge >= 0.3 is 0 Å². The number of aryl methyl sites for hydroxylation is 1. The number of rotatable bonds is 3. The molecule has 1 aliphatic rings. The Morgan fingerprint density at radius 1 is 1.69 bits per heavy atom. The molecule has 0 saturated heterocycles. The van der Waals surface area contributed by atoms with E-state index < -0.39 is 0 Å². The highest BCUT2D eigenvalue weighted by Crippen LogP contribution is 2.22. The van der Waals surface area contributed by atoms with Crippen molar-refractivity contribution >= 4 is 0 Å². The van der Waals surface area contributed by atoms with Gasteiger partial charge in [-0.15, -0.1) is 0 Å². The first kappa shape index (κ1) is 8.72. The lowest BCUT2D eigenvalue weighted by molar-refractivity contribution is -0.0209. The van der Waals surface area contributed by atoms with Crippen LogP contribution in [0.2, 0.25) is 0 Å². The summed E-state index contributed by atoms with van der Waals surface area (Å²) >= 11 is 0. The standard InChI is InChI=1S/C9H15N3O/c1-12-6-11-4-8(12)5-13-9-2-7(10)3-9/h4,6-7,9H,2-3,5,10H2,1H3. The maximum Gasteiger partial charge on any atom is 0.0946 e. The fraction of sp³-hybridized carbons (Fsp3) is 0.667. The van der Waals surface area contributed by atoms with E-state index in [9.17, 15) is 0 Å². The van der Waals surface area contributed by atoms with E-state index in [0.717, 1.165) is 18.5 Å². The second-order valence-electron chi connectivity index (χ2n) is 3.66. The molecule has 13 heavy (non-hydrogen) atoms. The zero-order valence-corrected chi connectivity index (χ0v) is 7.81. The van der Waals surface area contributed by atoms with E-state index in [1.165, 1.54) is 0 Å². The Hall–Kier alpha value is -0.870. The van der Waals surface area contributed by atoms with Crippen LogP contribution >= 0.6 is 0 Å². The Morgan fingerprint density at radius 2 is 2.46 bits per heavy atom. The Kier molecular flexibility index (Phi) is 2.33. The lowest BCUT2D eigenvalue weighted by Crippen LogP contribution is -2.41. The van der Waals surface area contributed by atoms with E-state index in [-0.39, 0.29) is 0 Å². The van der Waals surface area contributed by atoms with Crippen molar-refractivity contribution in [2.24, 2.45) is 12.8 Å². The molecule has 0 atom stereocenters. The molecule has 1 heterocycles. The maximum atomic E-state index is 5.65. The van der Waals surface area contributed by atoms with Crippen molar-refractivity contribution in [2.75, 3.05) is 0 Å². The van der Waals surface area contributed by atoms with E-state index in [1.54, 1.807) is 6.33 Å². The van der Waals surface area contributed by atoms with E-state index in [2.05, 4.69) is 4.98 Å². The molecule has 0 bridgehead atoms. The third kappa shape index (κ3) is 1.89. The zero-order valence-electron chi connectivity index (χ0n) is 7.81. The highest BCUT2D eigenvalue weighted by atomic mass is 16.5. The number of ether oxygens (including phenoxy) is 1. The van der Waals surface area contributed by atoms with Crippen molar-refractivity contribution in [1.82, 2.24) is 9.55 Å². The predicted octanol–water partition coefficient (Wildman–Crippen LogP) is 0.426. The van der Waals surface area contributed by atoms with Crippen LogP contribution in [0, 0.1) is 0 Å². The van der Waals surface area contributed by atoms with Crippen LogP contribution in [0.15, 0.2) is 12.5 Å². The van der Waals surface area contributed by atoms with Crippen LogP contribution in [0.1, 0.15) is 18.5 Å². The highest BCUT2D eigenvalue weighted by Gasteiger charge is 2.26. The zero-order chi connectivity index (χ0) is 9.26. The van der Waals surface area contributed by atoms with Crippen LogP contribution in [-0.2, 0) is 18.4 Å². The minimum Gasteiger partial charge on any atom is -0.372 e. The van der Waals surface area contributed by atoms with E-state index in [4.69, 9.17) is 10.5 Å². The number of imidazole rings is 1. The Morgan fingerprint density at radius 3 is 3.00 bits per heavy atom. The van der Waals surface area contributed by atoms with Crippen molar-refractivity contribution in [3.63, 3.8) is 0 Å². The molecule has 1 saturated carbocycles. The smallest absolute Gasteiger partial charge is 0.0946 e. The monoisotopic (exact) mass is 181 g/mol. The topological polar surface area (TPSA) is 53.1 Å². The number of nitrogens with two attached hydrogens (primary N) is 1. The molecule has 0 aliphatic heterocycles. The summed E-state index contributed by atoms with van der Waals surface area (Å²) in [6.07, 6.45) is 5.98. The highest BCUT2D eigenvalue weighted by molar-refractivity contribution is 4.95. The Labute approximate surface area is 77.7 Å². The molecule has 1 fully saturated rings. The first-order valence-electron chi connectivity index (χ1n) is 4.58. The second-order valence-corrected chi connectivity index (χ2v) is 3.66. The van der Waals surface area contributed by atoms with Crippen molar-refractivity contribution < 1.29 is 4.74 Å². The van der Waals surface area contributed by atoms with Gasteiger partial charge in [0, 0.05) is 13.1 Å². The summed E-state index contributed by atoms with van der Waals surface area (Å²) in [7, 11) is 1.97. The van der Waals surface area contributed by atoms with Crippen LogP contribution in [0.5, 0.6) is 0 Å². The molecule has 1 aromatic heterocycles. The Bertz CT molecular complexity index is 278. The summed E-state index contributed by atoms with van der Waals surface area (Å²) in [6.45, 7) is 0.647. The maximum absolute atomic E-state index is 5.65. The van der Waals surface area contributed by atoms with Gasteiger partial charge in [-0.2, -0.15) is 0 Å². The molecule has 0 amide bonds. The van der Waals surface area contributed by atoms with Crippen LogP contribution < -0.4 is 5.73 Å². The molecular formula is C9H15N3O. The van der Waals surface area contributed by atoms with E-state index in [0.29, 0.717) is 18.8 Å². The largest absolute Gasteiger partial charge is 0.372 e. The quantitative estimate of drug-likeness (QED) is 0.735. The van der Waals surface area contributed by atoms with Gasteiger partial charge in [0.25, 0.3) is 0 Å². The SMILES string of the molecule is Cn1cncc1COC1CC(N)C1. The molecular weight excluding hydrogens is 166 g/mol.